The summed E-state index contributed by atoms with van der Waals surface area (Å²) >= 11 is 0. The molecule has 0 spiro atoms. The van der Waals surface area contributed by atoms with Crippen molar-refractivity contribution in [3.05, 3.63) is 36.4 Å². The molecule has 0 aliphatic rings. The summed E-state index contributed by atoms with van der Waals surface area (Å²) in [6.07, 6.45) is 3.98. The Bertz CT molecular complexity index is 1740. The van der Waals surface area contributed by atoms with Crippen LogP contribution in [0.25, 0.3) is 0 Å². The first kappa shape index (κ1) is 48.7. The van der Waals surface area contributed by atoms with E-state index in [9.17, 15) is 58.5 Å². The lowest BCUT2D eigenvalue weighted by atomic mass is 10.0. The van der Waals surface area contributed by atoms with Crippen LogP contribution in [0.5, 0.6) is 0 Å². The summed E-state index contributed by atoms with van der Waals surface area (Å²) < 4.78 is 0. The van der Waals surface area contributed by atoms with Crippen molar-refractivity contribution >= 4 is 53.3 Å². The number of amides is 7. The van der Waals surface area contributed by atoms with E-state index in [1.165, 1.54) is 32.0 Å². The molecule has 15 N–H and O–H groups in total. The Morgan fingerprint density at radius 2 is 1.17 bits per heavy atom. The number of aromatic nitrogens is 4. The fraction of sp³-hybridized carbons (Fsp3) is 0.559. The highest BCUT2D eigenvalue weighted by atomic mass is 16.4. The average Bonchev–Trinajstić information content (AvgIpc) is 3.90. The zero-order chi connectivity index (χ0) is 44.2. The lowest BCUT2D eigenvalue weighted by Crippen LogP contribution is -2.59. The first-order valence-electron chi connectivity index (χ1n) is 18.3. The highest BCUT2D eigenvalue weighted by Gasteiger charge is 2.32. The van der Waals surface area contributed by atoms with Gasteiger partial charge in [0.25, 0.3) is 0 Å². The predicted octanol–water partition coefficient (Wildman–Crippen LogP) is -5.73. The lowest BCUT2D eigenvalue weighted by Gasteiger charge is -2.25. The third-order valence-corrected chi connectivity index (χ3v) is 8.37. The number of nitrogens with one attached hydrogen (secondary N) is 9. The molecule has 0 unspecified atom stereocenters. The average molecular weight is 837 g/mol. The number of nitrogens with zero attached hydrogens (tertiary/aromatic N) is 2. The SMILES string of the molecule is CC(C)C[C@H](NC(=O)[C@H](CO)NC(=O)CNC(=O)[C@H](Cc1cnc[nH]1)NC(=O)[C@H](CCC(=O)O)NC(=O)[C@H](C)NC(=O)[C@@H](N)CO)C(=O)N[C@@H](Cc1cnc[nH]1)C(=O)O. The fourth-order valence-corrected chi connectivity index (χ4v) is 5.19. The maximum atomic E-state index is 13.4. The number of hydrogen-bond donors (Lipinski definition) is 14. The summed E-state index contributed by atoms with van der Waals surface area (Å²) in [4.78, 5) is 127. The number of rotatable bonds is 26. The van der Waals surface area contributed by atoms with Gasteiger partial charge in [0, 0.05) is 43.0 Å². The van der Waals surface area contributed by atoms with E-state index in [0.717, 1.165) is 0 Å². The molecule has 0 saturated heterocycles. The lowest BCUT2D eigenvalue weighted by molar-refractivity contribution is -0.142. The van der Waals surface area contributed by atoms with Crippen LogP contribution < -0.4 is 43.0 Å². The van der Waals surface area contributed by atoms with Gasteiger partial charge in [0.1, 0.15) is 42.3 Å². The van der Waals surface area contributed by atoms with Crippen LogP contribution in [0, 0.1) is 5.92 Å². The van der Waals surface area contributed by atoms with Crippen LogP contribution in [-0.2, 0) is 56.0 Å². The second-order valence-electron chi connectivity index (χ2n) is 13.7. The van der Waals surface area contributed by atoms with Gasteiger partial charge in [0.2, 0.25) is 41.4 Å². The van der Waals surface area contributed by atoms with Crippen molar-refractivity contribution in [3.63, 3.8) is 0 Å². The second kappa shape index (κ2) is 24.3. The molecule has 2 heterocycles. The van der Waals surface area contributed by atoms with E-state index in [1.807, 2.05) is 0 Å². The number of aliphatic hydroxyl groups excluding tert-OH is 2. The van der Waals surface area contributed by atoms with E-state index in [2.05, 4.69) is 57.2 Å². The van der Waals surface area contributed by atoms with Gasteiger partial charge in [-0.15, -0.1) is 0 Å². The summed E-state index contributed by atoms with van der Waals surface area (Å²) in [6.45, 7) is 2.28. The van der Waals surface area contributed by atoms with E-state index in [-0.39, 0.29) is 25.2 Å². The van der Waals surface area contributed by atoms with Crippen molar-refractivity contribution in [2.24, 2.45) is 11.7 Å². The Balaban J connectivity index is 2.12. The number of H-pyrrole nitrogens is 2. The summed E-state index contributed by atoms with van der Waals surface area (Å²) in [6, 6.07) is -9.92. The van der Waals surface area contributed by atoms with Crippen molar-refractivity contribution in [2.45, 2.75) is 95.2 Å². The molecular weight excluding hydrogens is 784 g/mol. The van der Waals surface area contributed by atoms with Crippen molar-refractivity contribution < 1.29 is 63.6 Å². The monoisotopic (exact) mass is 836 g/mol. The van der Waals surface area contributed by atoms with Crippen molar-refractivity contribution in [2.75, 3.05) is 19.8 Å². The summed E-state index contributed by atoms with van der Waals surface area (Å²) in [5.74, 6) is -9.43. The van der Waals surface area contributed by atoms with Crippen molar-refractivity contribution in [1.82, 2.24) is 57.2 Å². The Morgan fingerprint density at radius 3 is 1.68 bits per heavy atom. The van der Waals surface area contributed by atoms with Crippen LogP contribution >= 0.6 is 0 Å². The fourth-order valence-electron chi connectivity index (χ4n) is 5.19. The summed E-state index contributed by atoms with van der Waals surface area (Å²) in [7, 11) is 0. The van der Waals surface area contributed by atoms with Crippen LogP contribution in [0.15, 0.2) is 25.0 Å². The van der Waals surface area contributed by atoms with Crippen LogP contribution in [0.1, 0.15) is 51.4 Å². The van der Waals surface area contributed by atoms with Gasteiger partial charge in [0.15, 0.2) is 0 Å². The summed E-state index contributed by atoms with van der Waals surface area (Å²) in [5.41, 5.74) is 6.21. The van der Waals surface area contributed by atoms with Gasteiger partial charge in [-0.2, -0.15) is 0 Å². The minimum atomic E-state index is -1.63. The molecule has 2 aromatic rings. The van der Waals surface area contributed by atoms with E-state index >= 15 is 0 Å². The Kier molecular flexibility index (Phi) is 20.1. The van der Waals surface area contributed by atoms with Gasteiger partial charge >= 0.3 is 11.9 Å². The molecule has 25 heteroatoms. The van der Waals surface area contributed by atoms with Gasteiger partial charge < -0.3 is 73.3 Å². The minimum absolute atomic E-state index is 0.0509. The van der Waals surface area contributed by atoms with Gasteiger partial charge in [-0.3, -0.25) is 38.4 Å². The van der Waals surface area contributed by atoms with E-state index in [0.29, 0.717) is 11.4 Å². The Morgan fingerprint density at radius 1 is 0.644 bits per heavy atom. The molecule has 7 atom stereocenters. The third kappa shape index (κ3) is 17.3. The minimum Gasteiger partial charge on any atom is -0.481 e. The van der Waals surface area contributed by atoms with Crippen LogP contribution in [0.3, 0.4) is 0 Å². The molecule has 2 aromatic heterocycles. The van der Waals surface area contributed by atoms with Gasteiger partial charge in [-0.05, 0) is 25.7 Å². The standard InChI is InChI=1S/C34H52N12O13/c1-16(2)6-22(32(56)46-24(34(58)59)8-19-10-37-15-40-19)44-33(57)25(13-48)42-26(49)11-38-30(54)23(7-18-9-36-14-39-18)45-31(55)21(4-5-27(50)51)43-28(52)17(3)41-29(53)20(35)12-47/h9-10,14-17,20-25,47-48H,4-8,11-13,35H2,1-3H3,(H,36,39)(H,37,40)(H,38,54)(H,41,53)(H,42,49)(H,43,52)(H,44,57)(H,45,55)(H,46,56)(H,50,51)(H,58,59)/t17-,20-,21-,22-,23-,24-,25-/m0/s1. The quantitative estimate of drug-likeness (QED) is 0.0420. The first-order chi connectivity index (χ1) is 27.8. The van der Waals surface area contributed by atoms with E-state index in [1.54, 1.807) is 13.8 Å². The van der Waals surface area contributed by atoms with Gasteiger partial charge in [0.05, 0.1) is 32.4 Å². The topological polar surface area (TPSA) is 402 Å². The molecule has 0 fully saturated rings. The highest BCUT2D eigenvalue weighted by molar-refractivity contribution is 5.97. The molecule has 326 valence electrons. The summed E-state index contributed by atoms with van der Waals surface area (Å²) in [5, 5.41) is 54.2. The number of carbonyl (C=O) groups is 9. The van der Waals surface area contributed by atoms with Crippen molar-refractivity contribution in [1.29, 1.82) is 0 Å². The molecule has 0 radical (unpaired) electrons. The van der Waals surface area contributed by atoms with Crippen LogP contribution in [-0.4, -0.2) is 156 Å². The van der Waals surface area contributed by atoms with Gasteiger partial charge in [-0.25, -0.2) is 14.8 Å². The maximum absolute atomic E-state index is 13.4. The number of imidazole rings is 2. The molecule has 25 nitrogen and oxygen atoms in total. The normalized spacial score (nSPS) is 14.6. The molecular formula is C34H52N12O13. The number of aromatic amines is 2. The molecule has 0 aliphatic heterocycles. The number of carbonyl (C=O) groups excluding carboxylic acids is 7. The van der Waals surface area contributed by atoms with Crippen LogP contribution in [0.4, 0.5) is 0 Å². The predicted molar refractivity (Wildman–Crippen MR) is 201 cm³/mol. The highest BCUT2D eigenvalue weighted by Crippen LogP contribution is 2.08. The molecule has 0 aliphatic carbocycles. The zero-order valence-electron chi connectivity index (χ0n) is 32.5. The number of aliphatic hydroxyl groups is 2. The Hall–Kier alpha value is -6.47. The van der Waals surface area contributed by atoms with Gasteiger partial charge in [-0.1, -0.05) is 13.8 Å². The number of aliphatic carboxylic acids is 2. The molecule has 7 amide bonds. The third-order valence-electron chi connectivity index (χ3n) is 8.37. The number of carboxylic acids is 2. The van der Waals surface area contributed by atoms with Crippen LogP contribution in [0.2, 0.25) is 0 Å². The smallest absolute Gasteiger partial charge is 0.326 e. The molecule has 0 saturated carbocycles. The number of nitrogens with two attached hydrogens (primary N) is 1. The largest absolute Gasteiger partial charge is 0.481 e. The second-order valence-corrected chi connectivity index (χ2v) is 13.7. The zero-order valence-corrected chi connectivity index (χ0v) is 32.5. The number of carboxylic acid groups (broad SMARTS) is 2. The van der Waals surface area contributed by atoms with E-state index < -0.39 is 128 Å². The number of hydrogen-bond acceptors (Lipinski definition) is 14. The molecule has 59 heavy (non-hydrogen) atoms. The van der Waals surface area contributed by atoms with E-state index in [4.69, 9.17) is 10.8 Å². The molecule has 0 aromatic carbocycles. The first-order valence-corrected chi connectivity index (χ1v) is 18.3. The molecule has 2 rings (SSSR count). The molecule has 0 bridgehead atoms. The Labute approximate surface area is 336 Å². The maximum Gasteiger partial charge on any atom is 0.326 e. The van der Waals surface area contributed by atoms with Crippen molar-refractivity contribution in [3.8, 4) is 0 Å².